The molecule has 0 unspecified atom stereocenters. The Morgan fingerprint density at radius 3 is 2.19 bits per heavy atom. The van der Waals surface area contributed by atoms with Gasteiger partial charge in [0.2, 0.25) is 0 Å². The van der Waals surface area contributed by atoms with E-state index in [0.29, 0.717) is 12.2 Å². The molecule has 0 heterocycles. The Kier molecular flexibility index (Phi) is 10.6. The van der Waals surface area contributed by atoms with Gasteiger partial charge in [-0.2, -0.15) is 0 Å². The standard InChI is InChI=1S/C29H36O2/c1-23(2)10-8-11-24(3)12-9-13-25(4)16-18-28-20-27(21-30)17-19-29(28)31-22-26-14-6-5-7-15-26/h5-7,10,12,14-17,19-21H,8-9,11,13,18,22H2,1-4H3. The Hall–Kier alpha value is -2.87. The number of rotatable bonds is 12. The lowest BCUT2D eigenvalue weighted by Crippen LogP contribution is -1.99. The molecule has 0 bridgehead atoms. The van der Waals surface area contributed by atoms with Gasteiger partial charge in [-0.15, -0.1) is 0 Å². The Morgan fingerprint density at radius 2 is 1.52 bits per heavy atom. The highest BCUT2D eigenvalue weighted by Crippen LogP contribution is 2.23. The number of benzene rings is 2. The third-order valence-corrected chi connectivity index (χ3v) is 5.25. The van der Waals surface area contributed by atoms with Gasteiger partial charge >= 0.3 is 0 Å². The summed E-state index contributed by atoms with van der Waals surface area (Å²) in [6.45, 7) is 9.22. The molecule has 0 spiro atoms. The van der Waals surface area contributed by atoms with Crippen molar-refractivity contribution < 1.29 is 9.53 Å². The molecule has 2 aromatic rings. The summed E-state index contributed by atoms with van der Waals surface area (Å²) < 4.78 is 6.06. The second-order valence-electron chi connectivity index (χ2n) is 8.42. The summed E-state index contributed by atoms with van der Waals surface area (Å²) in [5.41, 5.74) is 7.07. The van der Waals surface area contributed by atoms with Crippen LogP contribution in [0.2, 0.25) is 0 Å². The largest absolute Gasteiger partial charge is 0.489 e. The molecule has 0 atom stereocenters. The molecule has 164 valence electrons. The van der Waals surface area contributed by atoms with Crippen LogP contribution >= 0.6 is 0 Å². The molecule has 0 aliphatic carbocycles. The lowest BCUT2D eigenvalue weighted by Gasteiger charge is -2.12. The summed E-state index contributed by atoms with van der Waals surface area (Å²) in [7, 11) is 0. The van der Waals surface area contributed by atoms with Crippen LogP contribution in [0.4, 0.5) is 0 Å². The van der Waals surface area contributed by atoms with Crippen LogP contribution in [0, 0.1) is 0 Å². The predicted molar refractivity (Wildman–Crippen MR) is 132 cm³/mol. The molecule has 2 nitrogen and oxygen atoms in total. The fraction of sp³-hybridized carbons (Fsp3) is 0.345. The minimum absolute atomic E-state index is 0.522. The maximum absolute atomic E-state index is 11.2. The number of aldehydes is 1. The zero-order chi connectivity index (χ0) is 22.5. The molecular formula is C29H36O2. The summed E-state index contributed by atoms with van der Waals surface area (Å²) in [6.07, 6.45) is 12.9. The van der Waals surface area contributed by atoms with Crippen molar-refractivity contribution in [3.05, 3.63) is 100 Å². The molecule has 2 aromatic carbocycles. The molecule has 0 amide bonds. The van der Waals surface area contributed by atoms with Crippen molar-refractivity contribution >= 4 is 6.29 Å². The van der Waals surface area contributed by atoms with Gasteiger partial charge in [-0.25, -0.2) is 0 Å². The second kappa shape index (κ2) is 13.4. The van der Waals surface area contributed by atoms with E-state index < -0.39 is 0 Å². The van der Waals surface area contributed by atoms with Gasteiger partial charge in [0.1, 0.15) is 18.6 Å². The Balaban J connectivity index is 1.94. The molecule has 0 aliphatic heterocycles. The van der Waals surface area contributed by atoms with Gasteiger partial charge in [-0.3, -0.25) is 4.79 Å². The van der Waals surface area contributed by atoms with Crippen LogP contribution in [0.15, 0.2) is 83.5 Å². The van der Waals surface area contributed by atoms with Gasteiger partial charge in [0.15, 0.2) is 0 Å². The summed E-state index contributed by atoms with van der Waals surface area (Å²) in [4.78, 5) is 11.2. The van der Waals surface area contributed by atoms with Crippen molar-refractivity contribution in [2.24, 2.45) is 0 Å². The number of ether oxygens (including phenoxy) is 1. The molecule has 0 radical (unpaired) electrons. The van der Waals surface area contributed by atoms with Crippen LogP contribution in [0.25, 0.3) is 0 Å². The number of carbonyl (C=O) groups excluding carboxylic acids is 1. The summed E-state index contributed by atoms with van der Waals surface area (Å²) in [5.74, 6) is 0.841. The highest BCUT2D eigenvalue weighted by Gasteiger charge is 2.05. The zero-order valence-corrected chi connectivity index (χ0v) is 19.5. The van der Waals surface area contributed by atoms with E-state index in [1.54, 1.807) is 0 Å². The van der Waals surface area contributed by atoms with Crippen molar-refractivity contribution in [1.82, 2.24) is 0 Å². The van der Waals surface area contributed by atoms with Crippen molar-refractivity contribution in [3.8, 4) is 5.75 Å². The predicted octanol–water partition coefficient (Wildman–Crippen LogP) is 8.04. The first kappa shape index (κ1) is 24.4. The fourth-order valence-electron chi connectivity index (χ4n) is 3.33. The summed E-state index contributed by atoms with van der Waals surface area (Å²) in [5, 5.41) is 0. The van der Waals surface area contributed by atoms with E-state index in [1.165, 1.54) is 16.7 Å². The molecule has 0 aromatic heterocycles. The molecule has 0 saturated heterocycles. The molecular weight excluding hydrogens is 380 g/mol. The number of hydrogen-bond donors (Lipinski definition) is 0. The SMILES string of the molecule is CC(C)=CCCC(C)=CCCC(C)=CCc1cc(C=O)ccc1OCc1ccccc1. The van der Waals surface area contributed by atoms with Crippen molar-refractivity contribution in [1.29, 1.82) is 0 Å². The van der Waals surface area contributed by atoms with Gasteiger partial charge in [0.05, 0.1) is 0 Å². The van der Waals surface area contributed by atoms with Gasteiger partial charge in [0.25, 0.3) is 0 Å². The normalized spacial score (nSPS) is 11.9. The smallest absolute Gasteiger partial charge is 0.150 e. The first-order valence-corrected chi connectivity index (χ1v) is 11.2. The number of allylic oxidation sites excluding steroid dienone is 6. The number of hydrogen-bond acceptors (Lipinski definition) is 2. The molecule has 0 aliphatic rings. The van der Waals surface area contributed by atoms with Gasteiger partial charge in [-0.1, -0.05) is 65.3 Å². The van der Waals surface area contributed by atoms with E-state index in [9.17, 15) is 4.79 Å². The lowest BCUT2D eigenvalue weighted by atomic mass is 10.0. The highest BCUT2D eigenvalue weighted by molar-refractivity contribution is 5.75. The average Bonchev–Trinajstić information content (AvgIpc) is 2.77. The zero-order valence-electron chi connectivity index (χ0n) is 19.5. The summed E-state index contributed by atoms with van der Waals surface area (Å²) in [6, 6.07) is 15.8. The molecule has 0 saturated carbocycles. The van der Waals surface area contributed by atoms with Crippen LogP contribution < -0.4 is 4.74 Å². The van der Waals surface area contributed by atoms with Crippen LogP contribution in [0.3, 0.4) is 0 Å². The molecule has 2 rings (SSSR count). The van der Waals surface area contributed by atoms with Crippen molar-refractivity contribution in [3.63, 3.8) is 0 Å². The topological polar surface area (TPSA) is 26.3 Å². The van der Waals surface area contributed by atoms with Gasteiger partial charge < -0.3 is 4.74 Å². The van der Waals surface area contributed by atoms with E-state index in [0.717, 1.165) is 55.3 Å². The molecule has 0 fully saturated rings. The third kappa shape index (κ3) is 9.65. The first-order valence-electron chi connectivity index (χ1n) is 11.2. The van der Waals surface area contributed by atoms with Crippen LogP contribution in [-0.2, 0) is 13.0 Å². The molecule has 0 N–H and O–H groups in total. The van der Waals surface area contributed by atoms with Crippen molar-refractivity contribution in [2.45, 2.75) is 66.4 Å². The van der Waals surface area contributed by atoms with E-state index in [4.69, 9.17) is 4.74 Å². The fourth-order valence-corrected chi connectivity index (χ4v) is 3.33. The Bertz CT molecular complexity index is 913. The second-order valence-corrected chi connectivity index (χ2v) is 8.42. The van der Waals surface area contributed by atoms with Crippen LogP contribution in [0.1, 0.15) is 74.9 Å². The molecule has 2 heteroatoms. The highest BCUT2D eigenvalue weighted by atomic mass is 16.5. The minimum Gasteiger partial charge on any atom is -0.489 e. The summed E-state index contributed by atoms with van der Waals surface area (Å²) >= 11 is 0. The average molecular weight is 417 g/mol. The first-order chi connectivity index (χ1) is 15.0. The maximum atomic E-state index is 11.2. The van der Waals surface area contributed by atoms with Crippen LogP contribution in [0.5, 0.6) is 5.75 Å². The number of carbonyl (C=O) groups is 1. The third-order valence-electron chi connectivity index (χ3n) is 5.25. The molecule has 31 heavy (non-hydrogen) atoms. The van der Waals surface area contributed by atoms with Gasteiger partial charge in [0, 0.05) is 5.56 Å². The van der Waals surface area contributed by atoms with Crippen molar-refractivity contribution in [2.75, 3.05) is 0 Å². The van der Waals surface area contributed by atoms with E-state index in [-0.39, 0.29) is 0 Å². The Labute approximate surface area is 188 Å². The van der Waals surface area contributed by atoms with Gasteiger partial charge in [-0.05, 0) is 89.1 Å². The minimum atomic E-state index is 0.522. The van der Waals surface area contributed by atoms with E-state index >= 15 is 0 Å². The van der Waals surface area contributed by atoms with E-state index in [1.807, 2.05) is 36.4 Å². The van der Waals surface area contributed by atoms with E-state index in [2.05, 4.69) is 58.1 Å². The quantitative estimate of drug-likeness (QED) is 0.258. The van der Waals surface area contributed by atoms with Crippen LogP contribution in [-0.4, -0.2) is 6.29 Å². The maximum Gasteiger partial charge on any atom is 0.150 e. The Morgan fingerprint density at radius 1 is 0.839 bits per heavy atom. The monoisotopic (exact) mass is 416 g/mol. The lowest BCUT2D eigenvalue weighted by molar-refractivity contribution is 0.112.